The van der Waals surface area contributed by atoms with E-state index in [1.807, 2.05) is 0 Å². The molecule has 0 aromatic carbocycles. The molecule has 1 unspecified atom stereocenters. The molecule has 1 heterocycles. The zero-order chi connectivity index (χ0) is 11.6. The molecule has 0 aromatic rings. The van der Waals surface area contributed by atoms with E-state index in [1.54, 1.807) is 14.2 Å². The van der Waals surface area contributed by atoms with E-state index in [0.29, 0.717) is 6.10 Å². The summed E-state index contributed by atoms with van der Waals surface area (Å²) in [5.74, 6) is 0. The summed E-state index contributed by atoms with van der Waals surface area (Å²) in [6, 6.07) is 1.11. The smallest absolute Gasteiger partial charge is 0.320 e. The molecule has 1 atom stereocenters. The minimum absolute atomic E-state index is 0.398. The first-order chi connectivity index (χ1) is 7.86. The molecule has 16 heavy (non-hydrogen) atoms. The van der Waals surface area contributed by atoms with Crippen LogP contribution in [0, 0.1) is 0 Å². The molecule has 1 fully saturated rings. The molecule has 1 rings (SSSR count). The fourth-order valence-electron chi connectivity index (χ4n) is 1.58. The van der Waals surface area contributed by atoms with Crippen LogP contribution in [0.15, 0.2) is 0 Å². The standard InChI is InChI=1S/C11H24O4Si/c1-12-16(13-2)8-6-4-3-5-7-14-9-11-10-15-11/h11,16H,3-10H2,1-2H3. The molecule has 0 amide bonds. The summed E-state index contributed by atoms with van der Waals surface area (Å²) >= 11 is 0. The van der Waals surface area contributed by atoms with Gasteiger partial charge in [-0.2, -0.15) is 0 Å². The molecule has 5 heteroatoms. The van der Waals surface area contributed by atoms with Gasteiger partial charge in [-0.3, -0.25) is 0 Å². The number of ether oxygens (including phenoxy) is 2. The summed E-state index contributed by atoms with van der Waals surface area (Å²) in [4.78, 5) is 0. The fourth-order valence-corrected chi connectivity index (χ4v) is 2.87. The lowest BCUT2D eigenvalue weighted by atomic mass is 10.2. The van der Waals surface area contributed by atoms with Crippen molar-refractivity contribution in [1.82, 2.24) is 0 Å². The van der Waals surface area contributed by atoms with Gasteiger partial charge in [-0.15, -0.1) is 0 Å². The van der Waals surface area contributed by atoms with Crippen molar-refractivity contribution in [1.29, 1.82) is 0 Å². The van der Waals surface area contributed by atoms with Gasteiger partial charge in [0, 0.05) is 20.8 Å². The molecule has 0 bridgehead atoms. The van der Waals surface area contributed by atoms with Crippen molar-refractivity contribution in [2.45, 2.75) is 37.8 Å². The van der Waals surface area contributed by atoms with Gasteiger partial charge in [0.1, 0.15) is 6.10 Å². The van der Waals surface area contributed by atoms with Crippen LogP contribution in [0.5, 0.6) is 0 Å². The Morgan fingerprint density at radius 2 is 1.81 bits per heavy atom. The first-order valence-electron chi connectivity index (χ1n) is 6.11. The molecule has 1 saturated heterocycles. The van der Waals surface area contributed by atoms with Crippen LogP contribution in [0.4, 0.5) is 0 Å². The summed E-state index contributed by atoms with van der Waals surface area (Å²) in [6.07, 6.45) is 5.25. The summed E-state index contributed by atoms with van der Waals surface area (Å²) in [5, 5.41) is 0. The summed E-state index contributed by atoms with van der Waals surface area (Å²) in [5.41, 5.74) is 0. The topological polar surface area (TPSA) is 40.2 Å². The SMILES string of the molecule is CO[SiH](CCCCCCOCC1CO1)OC. The Kier molecular flexibility index (Phi) is 8.05. The second kappa shape index (κ2) is 9.12. The minimum atomic E-state index is -1.31. The zero-order valence-corrected chi connectivity index (χ0v) is 11.6. The highest BCUT2D eigenvalue weighted by Gasteiger charge is 2.21. The van der Waals surface area contributed by atoms with E-state index in [2.05, 4.69) is 0 Å². The van der Waals surface area contributed by atoms with Gasteiger partial charge in [0.15, 0.2) is 0 Å². The Bertz CT molecular complexity index is 160. The maximum Gasteiger partial charge on any atom is 0.320 e. The molecule has 0 aromatic heterocycles. The molecule has 0 spiro atoms. The molecule has 96 valence electrons. The number of hydrogen-bond acceptors (Lipinski definition) is 4. The van der Waals surface area contributed by atoms with Crippen LogP contribution in [0.1, 0.15) is 25.7 Å². The molecule has 0 radical (unpaired) electrons. The maximum atomic E-state index is 5.46. The lowest BCUT2D eigenvalue weighted by Gasteiger charge is -2.10. The van der Waals surface area contributed by atoms with Crippen LogP contribution in [-0.4, -0.2) is 49.4 Å². The summed E-state index contributed by atoms with van der Waals surface area (Å²) < 4.78 is 21.0. The molecule has 1 aliphatic heterocycles. The summed E-state index contributed by atoms with van der Waals surface area (Å²) in [6.45, 7) is 2.54. The van der Waals surface area contributed by atoms with Crippen LogP contribution >= 0.6 is 0 Å². The third-order valence-corrected chi connectivity index (χ3v) is 4.64. The van der Waals surface area contributed by atoms with Crippen molar-refractivity contribution < 1.29 is 18.3 Å². The number of rotatable bonds is 11. The van der Waals surface area contributed by atoms with E-state index < -0.39 is 9.28 Å². The first kappa shape index (κ1) is 14.1. The molecular formula is C11H24O4Si. The van der Waals surface area contributed by atoms with E-state index in [-0.39, 0.29) is 0 Å². The second-order valence-corrected chi connectivity index (χ2v) is 6.51. The Balaban J connectivity index is 1.73. The molecule has 0 aliphatic carbocycles. The van der Waals surface area contributed by atoms with Crippen LogP contribution in [0.25, 0.3) is 0 Å². The largest absolute Gasteiger partial charge is 0.400 e. The van der Waals surface area contributed by atoms with Crippen molar-refractivity contribution in [3.63, 3.8) is 0 Å². The quantitative estimate of drug-likeness (QED) is 0.315. The third-order valence-electron chi connectivity index (χ3n) is 2.71. The van der Waals surface area contributed by atoms with E-state index in [0.717, 1.165) is 32.3 Å². The highest BCUT2D eigenvalue weighted by Crippen LogP contribution is 2.10. The Hall–Kier alpha value is 0.0569. The minimum Gasteiger partial charge on any atom is -0.400 e. The van der Waals surface area contributed by atoms with Crippen LogP contribution < -0.4 is 0 Å². The van der Waals surface area contributed by atoms with Crippen molar-refractivity contribution in [2.24, 2.45) is 0 Å². The van der Waals surface area contributed by atoms with Gasteiger partial charge in [-0.1, -0.05) is 19.3 Å². The fraction of sp³-hybridized carbons (Fsp3) is 1.00. The average molecular weight is 248 g/mol. The van der Waals surface area contributed by atoms with Gasteiger partial charge < -0.3 is 18.3 Å². The van der Waals surface area contributed by atoms with Crippen molar-refractivity contribution >= 4 is 9.28 Å². The average Bonchev–Trinajstić information content (AvgIpc) is 3.11. The zero-order valence-electron chi connectivity index (χ0n) is 10.4. The Morgan fingerprint density at radius 1 is 1.12 bits per heavy atom. The molecule has 4 nitrogen and oxygen atoms in total. The van der Waals surface area contributed by atoms with Gasteiger partial charge in [0.2, 0.25) is 0 Å². The molecular weight excluding hydrogens is 224 g/mol. The van der Waals surface area contributed by atoms with Gasteiger partial charge in [-0.05, 0) is 12.5 Å². The monoisotopic (exact) mass is 248 g/mol. The van der Waals surface area contributed by atoms with Gasteiger partial charge in [0.05, 0.1) is 13.2 Å². The van der Waals surface area contributed by atoms with Gasteiger partial charge >= 0.3 is 9.28 Å². The highest BCUT2D eigenvalue weighted by atomic mass is 28.3. The van der Waals surface area contributed by atoms with Gasteiger partial charge in [0.25, 0.3) is 0 Å². The summed E-state index contributed by atoms with van der Waals surface area (Å²) in [7, 11) is 2.18. The first-order valence-corrected chi connectivity index (χ1v) is 7.87. The number of epoxide rings is 1. The predicted molar refractivity (Wildman–Crippen MR) is 65.0 cm³/mol. The normalized spacial score (nSPS) is 19.3. The van der Waals surface area contributed by atoms with Gasteiger partial charge in [-0.25, -0.2) is 0 Å². The predicted octanol–water partition coefficient (Wildman–Crippen LogP) is 1.48. The van der Waals surface area contributed by atoms with Crippen molar-refractivity contribution in [2.75, 3.05) is 34.0 Å². The van der Waals surface area contributed by atoms with Crippen LogP contribution in [0.3, 0.4) is 0 Å². The lowest BCUT2D eigenvalue weighted by Crippen LogP contribution is -2.18. The van der Waals surface area contributed by atoms with Crippen molar-refractivity contribution in [3.05, 3.63) is 0 Å². The van der Waals surface area contributed by atoms with E-state index in [4.69, 9.17) is 18.3 Å². The number of hydrogen-bond donors (Lipinski definition) is 0. The second-order valence-electron chi connectivity index (χ2n) is 4.13. The third kappa shape index (κ3) is 7.35. The van der Waals surface area contributed by atoms with Crippen molar-refractivity contribution in [3.8, 4) is 0 Å². The number of unbranched alkanes of at least 4 members (excludes halogenated alkanes) is 3. The molecule has 0 saturated carbocycles. The van der Waals surface area contributed by atoms with Crippen LogP contribution in [-0.2, 0) is 18.3 Å². The molecule has 0 N–H and O–H groups in total. The van der Waals surface area contributed by atoms with E-state index in [1.165, 1.54) is 19.3 Å². The van der Waals surface area contributed by atoms with E-state index in [9.17, 15) is 0 Å². The lowest BCUT2D eigenvalue weighted by molar-refractivity contribution is 0.113. The van der Waals surface area contributed by atoms with E-state index >= 15 is 0 Å². The van der Waals surface area contributed by atoms with Crippen LogP contribution in [0.2, 0.25) is 6.04 Å². The Morgan fingerprint density at radius 3 is 2.44 bits per heavy atom. The maximum absolute atomic E-state index is 5.46. The molecule has 1 aliphatic rings. The Labute approximate surface area is 100 Å². The highest BCUT2D eigenvalue weighted by molar-refractivity contribution is 6.44.